The first-order valence-electron chi connectivity index (χ1n) is 3.50. The Morgan fingerprint density at radius 2 is 2.00 bits per heavy atom. The summed E-state index contributed by atoms with van der Waals surface area (Å²) in [6.45, 7) is 3.99. The van der Waals surface area contributed by atoms with Crippen LogP contribution in [0.4, 0.5) is 0 Å². The standard InChI is InChI=1S/C9H12O.Rb/c1-3-8-6-7(2)4-5-9(8)10;/h4-6,10H,3H2,1-2H3;/q;+1/p-1. The van der Waals surface area contributed by atoms with Crippen LogP contribution < -0.4 is 63.3 Å². The summed E-state index contributed by atoms with van der Waals surface area (Å²) >= 11 is 0. The van der Waals surface area contributed by atoms with Crippen LogP contribution in [0.15, 0.2) is 18.2 Å². The van der Waals surface area contributed by atoms with Crippen LogP contribution in [0.2, 0.25) is 0 Å². The Morgan fingerprint density at radius 1 is 1.36 bits per heavy atom. The third-order valence-corrected chi connectivity index (χ3v) is 1.60. The first kappa shape index (κ1) is 11.8. The van der Waals surface area contributed by atoms with Crippen molar-refractivity contribution in [3.05, 3.63) is 29.3 Å². The van der Waals surface area contributed by atoms with E-state index in [1.54, 1.807) is 6.07 Å². The Morgan fingerprint density at radius 3 is 2.45 bits per heavy atom. The predicted octanol–water partition coefficient (Wildman–Crippen LogP) is -1.36. The van der Waals surface area contributed by atoms with Crippen molar-refractivity contribution in [2.24, 2.45) is 0 Å². The van der Waals surface area contributed by atoms with Crippen LogP contribution in [-0.4, -0.2) is 0 Å². The van der Waals surface area contributed by atoms with E-state index in [0.29, 0.717) is 0 Å². The van der Waals surface area contributed by atoms with Crippen LogP contribution in [0, 0.1) is 6.92 Å². The van der Waals surface area contributed by atoms with Gasteiger partial charge in [0.15, 0.2) is 0 Å². The maximum absolute atomic E-state index is 11.0. The molecule has 0 saturated carbocycles. The number of hydrogen-bond donors (Lipinski definition) is 0. The maximum atomic E-state index is 11.0. The van der Waals surface area contributed by atoms with Crippen LogP contribution in [0.5, 0.6) is 5.75 Å². The molecule has 0 aliphatic rings. The Hall–Kier alpha value is 0.825. The Bertz CT molecular complexity index is 233. The second-order valence-corrected chi connectivity index (χ2v) is 2.46. The van der Waals surface area contributed by atoms with E-state index in [2.05, 4.69) is 0 Å². The van der Waals surface area contributed by atoms with Gasteiger partial charge in [0.1, 0.15) is 0 Å². The summed E-state index contributed by atoms with van der Waals surface area (Å²) in [4.78, 5) is 0. The molecule has 0 spiro atoms. The van der Waals surface area contributed by atoms with Crippen molar-refractivity contribution in [3.8, 4) is 5.75 Å². The molecule has 0 amide bonds. The molecule has 0 bridgehead atoms. The first-order chi connectivity index (χ1) is 4.74. The summed E-state index contributed by atoms with van der Waals surface area (Å²) in [5.74, 6) is 0.160. The molecular weight excluding hydrogens is 210 g/mol. The molecule has 1 aromatic carbocycles. The summed E-state index contributed by atoms with van der Waals surface area (Å²) in [5, 5.41) is 11.0. The number of rotatable bonds is 1. The Kier molecular flexibility index (Phi) is 5.88. The molecule has 1 rings (SSSR count). The molecule has 1 aromatic rings. The van der Waals surface area contributed by atoms with Gasteiger partial charge in [0.2, 0.25) is 0 Å². The molecule has 0 saturated heterocycles. The van der Waals surface area contributed by atoms with E-state index in [9.17, 15) is 5.11 Å². The summed E-state index contributed by atoms with van der Waals surface area (Å²) in [6, 6.07) is 5.43. The van der Waals surface area contributed by atoms with Crippen molar-refractivity contribution in [1.29, 1.82) is 0 Å². The van der Waals surface area contributed by atoms with Crippen molar-refractivity contribution in [2.75, 3.05) is 0 Å². The van der Waals surface area contributed by atoms with Gasteiger partial charge in [0.05, 0.1) is 0 Å². The molecule has 0 N–H and O–H groups in total. The molecule has 0 radical (unpaired) electrons. The number of hydrogen-bond acceptors (Lipinski definition) is 1. The quantitative estimate of drug-likeness (QED) is 0.573. The summed E-state index contributed by atoms with van der Waals surface area (Å²) < 4.78 is 0. The van der Waals surface area contributed by atoms with Crippen molar-refractivity contribution in [3.63, 3.8) is 0 Å². The van der Waals surface area contributed by atoms with Gasteiger partial charge in [-0.2, -0.15) is 0 Å². The van der Waals surface area contributed by atoms with Gasteiger partial charge in [-0.1, -0.05) is 36.2 Å². The summed E-state index contributed by atoms with van der Waals surface area (Å²) in [6.07, 6.45) is 0.834. The molecule has 2 heteroatoms. The average molecular weight is 221 g/mol. The van der Waals surface area contributed by atoms with Crippen LogP contribution in [0.1, 0.15) is 18.1 Å². The molecule has 54 valence electrons. The van der Waals surface area contributed by atoms with Crippen LogP contribution in [-0.2, 0) is 6.42 Å². The minimum Gasteiger partial charge on any atom is -0.872 e. The minimum absolute atomic E-state index is 0. The monoisotopic (exact) mass is 220 g/mol. The van der Waals surface area contributed by atoms with Crippen molar-refractivity contribution >= 4 is 0 Å². The number of benzene rings is 1. The van der Waals surface area contributed by atoms with E-state index in [4.69, 9.17) is 0 Å². The second kappa shape index (κ2) is 5.47. The minimum atomic E-state index is 0. The van der Waals surface area contributed by atoms with Crippen LogP contribution >= 0.6 is 0 Å². The van der Waals surface area contributed by atoms with Crippen molar-refractivity contribution < 1.29 is 63.3 Å². The third-order valence-electron chi connectivity index (χ3n) is 1.60. The first-order valence-corrected chi connectivity index (χ1v) is 3.50. The molecule has 1 nitrogen and oxygen atoms in total. The van der Waals surface area contributed by atoms with Gasteiger partial charge in [0, 0.05) is 0 Å². The fourth-order valence-corrected chi connectivity index (χ4v) is 0.985. The molecule has 0 aromatic heterocycles. The average Bonchev–Trinajstić information content (AvgIpc) is 1.94. The van der Waals surface area contributed by atoms with Gasteiger partial charge in [-0.25, -0.2) is 0 Å². The largest absolute Gasteiger partial charge is 1.00 e. The van der Waals surface area contributed by atoms with E-state index in [0.717, 1.165) is 17.5 Å². The van der Waals surface area contributed by atoms with E-state index < -0.39 is 0 Å². The topological polar surface area (TPSA) is 23.1 Å². The van der Waals surface area contributed by atoms with E-state index >= 15 is 0 Å². The van der Waals surface area contributed by atoms with Gasteiger partial charge in [-0.05, 0) is 13.3 Å². The second-order valence-electron chi connectivity index (χ2n) is 2.46. The normalized spacial score (nSPS) is 8.91. The fraction of sp³-hybridized carbons (Fsp3) is 0.333. The van der Waals surface area contributed by atoms with Crippen LogP contribution in [0.25, 0.3) is 0 Å². The molecule has 0 atom stereocenters. The Balaban J connectivity index is 0.000001000. The van der Waals surface area contributed by atoms with Gasteiger partial charge < -0.3 is 5.11 Å². The zero-order valence-corrected chi connectivity index (χ0v) is 12.3. The molecule has 0 fully saturated rings. The zero-order valence-electron chi connectivity index (χ0n) is 7.35. The van der Waals surface area contributed by atoms with Gasteiger partial charge in [0.25, 0.3) is 0 Å². The van der Waals surface area contributed by atoms with E-state index in [1.165, 1.54) is 0 Å². The smallest absolute Gasteiger partial charge is 0.872 e. The molecule has 0 aliphatic carbocycles. The zero-order chi connectivity index (χ0) is 7.56. The van der Waals surface area contributed by atoms with E-state index in [1.807, 2.05) is 26.0 Å². The Labute approximate surface area is 117 Å². The van der Waals surface area contributed by atoms with E-state index in [-0.39, 0.29) is 63.9 Å². The van der Waals surface area contributed by atoms with Crippen LogP contribution in [0.3, 0.4) is 0 Å². The molecule has 0 aliphatic heterocycles. The van der Waals surface area contributed by atoms with Gasteiger partial charge >= 0.3 is 58.2 Å². The fourth-order valence-electron chi connectivity index (χ4n) is 0.985. The predicted molar refractivity (Wildman–Crippen MR) is 40.0 cm³/mol. The SMILES string of the molecule is CCc1cc(C)ccc1[O-].[Rb+]. The summed E-state index contributed by atoms with van der Waals surface area (Å²) in [7, 11) is 0. The third kappa shape index (κ3) is 3.37. The maximum Gasteiger partial charge on any atom is 1.00 e. The summed E-state index contributed by atoms with van der Waals surface area (Å²) in [5.41, 5.74) is 2.08. The van der Waals surface area contributed by atoms with Gasteiger partial charge in [-0.15, -0.1) is 5.75 Å². The van der Waals surface area contributed by atoms with Crippen molar-refractivity contribution in [1.82, 2.24) is 0 Å². The number of aryl methyl sites for hydroxylation is 2. The van der Waals surface area contributed by atoms with Gasteiger partial charge in [-0.3, -0.25) is 0 Å². The molecular formula is C9H11ORb. The molecule has 11 heavy (non-hydrogen) atoms. The molecule has 0 heterocycles. The van der Waals surface area contributed by atoms with Crippen molar-refractivity contribution in [2.45, 2.75) is 20.3 Å². The molecule has 0 unspecified atom stereocenters.